The summed E-state index contributed by atoms with van der Waals surface area (Å²) in [6.07, 6.45) is 8.74. The van der Waals surface area contributed by atoms with E-state index in [9.17, 15) is 9.59 Å². The van der Waals surface area contributed by atoms with Crippen LogP contribution < -0.4 is 0 Å². The van der Waals surface area contributed by atoms with Crippen LogP contribution in [0.4, 0.5) is 0 Å². The second-order valence-electron chi connectivity index (χ2n) is 8.42. The van der Waals surface area contributed by atoms with Gasteiger partial charge in [0, 0.05) is 49.0 Å². The number of hydrogen-bond donors (Lipinski definition) is 2. The lowest BCUT2D eigenvalue weighted by atomic mass is 10.1. The fourth-order valence-corrected chi connectivity index (χ4v) is 5.10. The zero-order valence-corrected chi connectivity index (χ0v) is 16.9. The van der Waals surface area contributed by atoms with Gasteiger partial charge in [0.2, 0.25) is 11.8 Å². The molecule has 4 aromatic heterocycles. The van der Waals surface area contributed by atoms with E-state index >= 15 is 0 Å². The molecule has 31 heavy (non-hydrogen) atoms. The Morgan fingerprint density at radius 3 is 1.77 bits per heavy atom. The van der Waals surface area contributed by atoms with Crippen molar-refractivity contribution in [3.05, 3.63) is 60.2 Å². The number of H-pyrrole nitrogens is 2. The number of nitrogens with zero attached hydrogens (tertiary/aromatic N) is 4. The minimum absolute atomic E-state index is 0.0979. The molecule has 0 saturated carbocycles. The average molecular weight is 414 g/mol. The molecule has 2 atom stereocenters. The van der Waals surface area contributed by atoms with Crippen molar-refractivity contribution in [3.8, 4) is 0 Å². The molecule has 0 spiro atoms. The van der Waals surface area contributed by atoms with Crippen LogP contribution >= 0.6 is 0 Å². The number of fused-ring (bicyclic) bond motifs is 4. The second kappa shape index (κ2) is 6.94. The molecule has 2 N–H and O–H groups in total. The minimum Gasteiger partial charge on any atom is -0.360 e. The summed E-state index contributed by atoms with van der Waals surface area (Å²) in [5.41, 5.74) is 5.42. The Hall–Kier alpha value is -3.68. The topological polar surface area (TPSA) is 98.0 Å². The van der Waals surface area contributed by atoms with E-state index in [4.69, 9.17) is 0 Å². The first-order valence-corrected chi connectivity index (χ1v) is 10.6. The maximum Gasteiger partial charge on any atom is 0.227 e. The third-order valence-corrected chi connectivity index (χ3v) is 6.59. The van der Waals surface area contributed by atoms with Crippen molar-refractivity contribution in [3.63, 3.8) is 0 Å². The number of rotatable bonds is 4. The van der Waals surface area contributed by atoms with Crippen molar-refractivity contribution in [2.24, 2.45) is 0 Å². The Balaban J connectivity index is 1.12. The van der Waals surface area contributed by atoms with Crippen molar-refractivity contribution >= 4 is 33.9 Å². The highest BCUT2D eigenvalue weighted by Gasteiger charge is 2.46. The molecular formula is C23H22N6O2. The summed E-state index contributed by atoms with van der Waals surface area (Å²) in [5, 5.41) is 0. The van der Waals surface area contributed by atoms with Crippen LogP contribution in [0, 0.1) is 0 Å². The zero-order valence-electron chi connectivity index (χ0n) is 16.9. The third kappa shape index (κ3) is 2.98. The van der Waals surface area contributed by atoms with Crippen LogP contribution in [0.25, 0.3) is 22.1 Å². The van der Waals surface area contributed by atoms with Gasteiger partial charge in [-0.15, -0.1) is 0 Å². The van der Waals surface area contributed by atoms with Gasteiger partial charge in [0.1, 0.15) is 0 Å². The summed E-state index contributed by atoms with van der Waals surface area (Å²) in [6.45, 7) is 1.22. The monoisotopic (exact) mass is 414 g/mol. The molecule has 0 aromatic carbocycles. The van der Waals surface area contributed by atoms with Crippen LogP contribution in [0.5, 0.6) is 0 Å². The minimum atomic E-state index is 0.0979. The lowest BCUT2D eigenvalue weighted by molar-refractivity contribution is -0.139. The Kier molecular flexibility index (Phi) is 4.05. The van der Waals surface area contributed by atoms with Crippen molar-refractivity contribution in [2.45, 2.75) is 31.3 Å². The van der Waals surface area contributed by atoms with Gasteiger partial charge in [0.25, 0.3) is 0 Å². The van der Waals surface area contributed by atoms with E-state index in [2.05, 4.69) is 19.9 Å². The number of pyridine rings is 2. The van der Waals surface area contributed by atoms with Crippen molar-refractivity contribution in [1.29, 1.82) is 0 Å². The molecule has 8 heteroatoms. The standard InChI is InChI=1S/C23H22N6O2/c30-20(7-14-10-26-18-3-1-5-24-22(14)18)28-12-17-9-16(28)13-29(17)21(31)8-15-11-27-19-4-2-6-25-23(15)19/h1-6,10-11,16-17,26-27H,7-9,12-13H2/t16-,17-/m0/s1. The molecule has 2 saturated heterocycles. The fourth-order valence-electron chi connectivity index (χ4n) is 5.10. The maximum atomic E-state index is 13.0. The Labute approximate surface area is 178 Å². The Morgan fingerprint density at radius 2 is 1.32 bits per heavy atom. The highest BCUT2D eigenvalue weighted by Crippen LogP contribution is 2.32. The van der Waals surface area contributed by atoms with Crippen LogP contribution in [-0.2, 0) is 22.4 Å². The molecule has 2 fully saturated rings. The first kappa shape index (κ1) is 18.1. The molecule has 2 bridgehead atoms. The summed E-state index contributed by atoms with van der Waals surface area (Å²) in [4.78, 5) is 45.0. The summed E-state index contributed by atoms with van der Waals surface area (Å²) >= 11 is 0. The molecule has 2 amide bonds. The van der Waals surface area contributed by atoms with Crippen molar-refractivity contribution in [2.75, 3.05) is 13.1 Å². The van der Waals surface area contributed by atoms with E-state index in [0.29, 0.717) is 25.9 Å². The number of carbonyl (C=O) groups is 2. The summed E-state index contributed by atoms with van der Waals surface area (Å²) in [7, 11) is 0. The summed E-state index contributed by atoms with van der Waals surface area (Å²) in [6, 6.07) is 7.87. The number of nitrogens with one attached hydrogen (secondary N) is 2. The van der Waals surface area contributed by atoms with Gasteiger partial charge in [-0.2, -0.15) is 0 Å². The number of carbonyl (C=O) groups excluding carboxylic acids is 2. The first-order valence-electron chi connectivity index (χ1n) is 10.6. The number of likely N-dealkylation sites (tertiary alicyclic amines) is 2. The summed E-state index contributed by atoms with van der Waals surface area (Å²) < 4.78 is 0. The highest BCUT2D eigenvalue weighted by atomic mass is 16.2. The summed E-state index contributed by atoms with van der Waals surface area (Å²) in [5.74, 6) is 0.207. The first-order chi connectivity index (χ1) is 15.2. The molecule has 8 nitrogen and oxygen atoms in total. The SMILES string of the molecule is O=C(Cc1c[nH]c2cccnc12)N1C[C@@H]2C[C@H]1CN2C(=O)Cc1c[nH]c2cccnc12. The van der Waals surface area contributed by atoms with Gasteiger partial charge in [-0.25, -0.2) is 0 Å². The number of aromatic amines is 2. The van der Waals surface area contributed by atoms with Gasteiger partial charge in [-0.05, 0) is 30.7 Å². The molecule has 0 radical (unpaired) electrons. The lowest BCUT2D eigenvalue weighted by Crippen LogP contribution is -2.51. The quantitative estimate of drug-likeness (QED) is 0.534. The molecule has 2 aliphatic rings. The molecule has 6 rings (SSSR count). The van der Waals surface area contributed by atoms with Crippen LogP contribution in [0.1, 0.15) is 17.5 Å². The zero-order chi connectivity index (χ0) is 20.9. The predicted molar refractivity (Wildman–Crippen MR) is 115 cm³/mol. The van der Waals surface area contributed by atoms with Crippen LogP contribution in [-0.4, -0.2) is 66.7 Å². The number of hydrogen-bond acceptors (Lipinski definition) is 4. The van der Waals surface area contributed by atoms with Crippen LogP contribution in [0.15, 0.2) is 49.1 Å². The largest absolute Gasteiger partial charge is 0.360 e. The molecule has 2 aliphatic heterocycles. The molecule has 156 valence electrons. The van der Waals surface area contributed by atoms with Gasteiger partial charge in [0.15, 0.2) is 0 Å². The molecule has 0 unspecified atom stereocenters. The predicted octanol–water partition coefficient (Wildman–Crippen LogP) is 2.04. The second-order valence-corrected chi connectivity index (χ2v) is 8.42. The van der Waals surface area contributed by atoms with Crippen LogP contribution in [0.2, 0.25) is 0 Å². The van der Waals surface area contributed by atoms with E-state index in [-0.39, 0.29) is 23.9 Å². The van der Waals surface area contributed by atoms with Gasteiger partial charge in [-0.3, -0.25) is 19.6 Å². The third-order valence-electron chi connectivity index (χ3n) is 6.59. The average Bonchev–Trinajstić information content (AvgIpc) is 3.57. The van der Waals surface area contributed by atoms with E-state index in [1.54, 1.807) is 12.4 Å². The van der Waals surface area contributed by atoms with Crippen molar-refractivity contribution in [1.82, 2.24) is 29.7 Å². The van der Waals surface area contributed by atoms with Gasteiger partial charge in [0.05, 0.1) is 47.0 Å². The van der Waals surface area contributed by atoms with E-state index in [0.717, 1.165) is 39.6 Å². The van der Waals surface area contributed by atoms with E-state index in [1.165, 1.54) is 0 Å². The van der Waals surface area contributed by atoms with Crippen LogP contribution in [0.3, 0.4) is 0 Å². The van der Waals surface area contributed by atoms with E-state index < -0.39 is 0 Å². The van der Waals surface area contributed by atoms with Gasteiger partial charge < -0.3 is 19.8 Å². The Morgan fingerprint density at radius 1 is 0.839 bits per heavy atom. The number of aromatic nitrogens is 4. The number of amides is 2. The van der Waals surface area contributed by atoms with Gasteiger partial charge in [-0.1, -0.05) is 0 Å². The van der Waals surface area contributed by atoms with E-state index in [1.807, 2.05) is 46.5 Å². The molecule has 0 aliphatic carbocycles. The highest BCUT2D eigenvalue weighted by molar-refractivity contribution is 5.88. The molecule has 6 heterocycles. The molecular weight excluding hydrogens is 392 g/mol. The lowest BCUT2D eigenvalue weighted by Gasteiger charge is -2.34. The van der Waals surface area contributed by atoms with Crippen molar-refractivity contribution < 1.29 is 9.59 Å². The fraction of sp³-hybridized carbons (Fsp3) is 0.304. The number of piperazine rings is 1. The maximum absolute atomic E-state index is 13.0. The Bertz CT molecular complexity index is 1210. The van der Waals surface area contributed by atoms with Gasteiger partial charge >= 0.3 is 0 Å². The smallest absolute Gasteiger partial charge is 0.227 e. The molecule has 4 aromatic rings. The normalized spacial score (nSPS) is 20.3.